The Morgan fingerprint density at radius 1 is 0.719 bits per heavy atom. The van der Waals surface area contributed by atoms with Crippen molar-refractivity contribution in [1.29, 1.82) is 0 Å². The SMILES string of the molecule is CC(c1ccccc1)(c1ccccc1)c1cccc(C=Nc2ccccc2)c1O.[Cl][Zr][Cl]. The number of halogens is 2. The molecule has 1 N–H and O–H groups in total. The molecule has 2 nitrogen and oxygen atoms in total. The van der Waals surface area contributed by atoms with Crippen LogP contribution in [0.3, 0.4) is 0 Å². The van der Waals surface area contributed by atoms with Crippen molar-refractivity contribution in [1.82, 2.24) is 0 Å². The first-order valence-corrected chi connectivity index (χ1v) is 16.4. The molecule has 0 bridgehead atoms. The van der Waals surface area contributed by atoms with E-state index in [1.807, 2.05) is 84.9 Å². The van der Waals surface area contributed by atoms with Crippen LogP contribution in [0.2, 0.25) is 0 Å². The molecule has 0 aliphatic carbocycles. The van der Waals surface area contributed by atoms with E-state index >= 15 is 0 Å². The first-order valence-electron chi connectivity index (χ1n) is 10.1. The molecule has 32 heavy (non-hydrogen) atoms. The zero-order valence-corrected chi connectivity index (χ0v) is 21.6. The summed E-state index contributed by atoms with van der Waals surface area (Å²) >= 11 is -0.826. The number of para-hydroxylation sites is 2. The van der Waals surface area contributed by atoms with Crippen LogP contribution in [0.25, 0.3) is 0 Å². The van der Waals surface area contributed by atoms with Crippen molar-refractivity contribution >= 4 is 28.9 Å². The second-order valence-corrected chi connectivity index (χ2v) is 11.0. The Hall–Kier alpha value is -2.19. The second-order valence-electron chi connectivity index (χ2n) is 7.27. The molecule has 0 spiro atoms. The van der Waals surface area contributed by atoms with Gasteiger partial charge in [-0.05, 0) is 36.2 Å². The third kappa shape index (κ3) is 5.78. The zero-order chi connectivity index (χ0) is 22.8. The molecule has 0 aliphatic rings. The summed E-state index contributed by atoms with van der Waals surface area (Å²) in [5, 5.41) is 11.2. The number of aromatic hydroxyl groups is 1. The Morgan fingerprint density at radius 2 is 1.19 bits per heavy atom. The average molecular weight is 540 g/mol. The van der Waals surface area contributed by atoms with Crippen molar-refractivity contribution in [3.05, 3.63) is 131 Å². The van der Waals surface area contributed by atoms with E-state index in [0.717, 1.165) is 22.4 Å². The van der Waals surface area contributed by atoms with Crippen LogP contribution in [0.4, 0.5) is 5.69 Å². The second kappa shape index (κ2) is 12.2. The van der Waals surface area contributed by atoms with E-state index in [2.05, 4.69) is 36.2 Å². The van der Waals surface area contributed by atoms with Crippen molar-refractivity contribution in [2.24, 2.45) is 4.99 Å². The molecule has 4 rings (SSSR count). The van der Waals surface area contributed by atoms with E-state index in [1.54, 1.807) is 6.21 Å². The van der Waals surface area contributed by atoms with Crippen LogP contribution in [0.5, 0.6) is 5.75 Å². The van der Waals surface area contributed by atoms with Gasteiger partial charge in [0.2, 0.25) is 0 Å². The minimum absolute atomic E-state index is 0.252. The Labute approximate surface area is 208 Å². The Balaban J connectivity index is 0.000000913. The molecule has 0 aromatic heterocycles. The van der Waals surface area contributed by atoms with Crippen molar-refractivity contribution in [3.63, 3.8) is 0 Å². The third-order valence-corrected chi connectivity index (χ3v) is 5.42. The first kappa shape index (κ1) is 24.5. The molecule has 0 radical (unpaired) electrons. The maximum atomic E-state index is 11.2. The van der Waals surface area contributed by atoms with Crippen LogP contribution < -0.4 is 0 Å². The molecule has 160 valence electrons. The van der Waals surface area contributed by atoms with E-state index in [0.29, 0.717) is 5.56 Å². The van der Waals surface area contributed by atoms with Gasteiger partial charge in [-0.15, -0.1) is 0 Å². The monoisotopic (exact) mass is 537 g/mol. The quantitative estimate of drug-likeness (QED) is 0.203. The molecular weight excluding hydrogens is 516 g/mol. The molecule has 0 atom stereocenters. The topological polar surface area (TPSA) is 32.6 Å². The molecular formula is C27H23Cl2NOZr. The van der Waals surface area contributed by atoms with Crippen LogP contribution in [-0.4, -0.2) is 11.3 Å². The summed E-state index contributed by atoms with van der Waals surface area (Å²) in [5.41, 5.74) is 4.16. The fraction of sp³-hybridized carbons (Fsp3) is 0.0741. The van der Waals surface area contributed by atoms with Crippen molar-refractivity contribution in [3.8, 4) is 5.75 Å². The standard InChI is InChI=1S/C27H23NO.2ClH.Zr/c1-27(22-13-5-2-6-14-22,23-15-7-3-8-16-23)25-19-11-12-21(26(25)29)20-28-24-17-9-4-10-18-24;;;/h2-20,29H,1H3;2*1H;/q;;;+2/p-2. The normalized spacial score (nSPS) is 11.0. The van der Waals surface area contributed by atoms with Crippen LogP contribution >= 0.6 is 17.0 Å². The van der Waals surface area contributed by atoms with E-state index in [9.17, 15) is 5.11 Å². The molecule has 4 aromatic carbocycles. The molecule has 0 aliphatic heterocycles. The van der Waals surface area contributed by atoms with Crippen LogP contribution in [-0.2, 0) is 26.3 Å². The number of phenols is 1. The molecule has 5 heteroatoms. The number of benzene rings is 4. The summed E-state index contributed by atoms with van der Waals surface area (Å²) in [6.07, 6.45) is 1.73. The summed E-state index contributed by atoms with van der Waals surface area (Å²) in [6, 6.07) is 36.2. The molecule has 0 unspecified atom stereocenters. The third-order valence-electron chi connectivity index (χ3n) is 5.42. The number of hydrogen-bond donors (Lipinski definition) is 1. The van der Waals surface area contributed by atoms with Gasteiger partial charge in [0.15, 0.2) is 0 Å². The number of rotatable bonds is 5. The zero-order valence-electron chi connectivity index (χ0n) is 17.6. The molecule has 0 saturated heterocycles. The van der Waals surface area contributed by atoms with Crippen LogP contribution in [0.15, 0.2) is 114 Å². The molecule has 0 saturated carbocycles. The summed E-state index contributed by atoms with van der Waals surface area (Å²) in [7, 11) is 9.87. The van der Waals surface area contributed by atoms with Gasteiger partial charge in [0.05, 0.1) is 5.69 Å². The summed E-state index contributed by atoms with van der Waals surface area (Å²) < 4.78 is 0. The van der Waals surface area contributed by atoms with Crippen molar-refractivity contribution in [2.75, 3.05) is 0 Å². The summed E-state index contributed by atoms with van der Waals surface area (Å²) in [5.74, 6) is 0.252. The summed E-state index contributed by atoms with van der Waals surface area (Å²) in [6.45, 7) is 2.16. The van der Waals surface area contributed by atoms with Crippen molar-refractivity contribution < 1.29 is 26.0 Å². The van der Waals surface area contributed by atoms with E-state index in [4.69, 9.17) is 17.0 Å². The van der Waals surface area contributed by atoms with Gasteiger partial charge in [-0.2, -0.15) is 0 Å². The van der Waals surface area contributed by atoms with Crippen molar-refractivity contribution in [2.45, 2.75) is 12.3 Å². The number of nitrogens with zero attached hydrogens (tertiary/aromatic N) is 1. The van der Waals surface area contributed by atoms with Crippen LogP contribution in [0.1, 0.15) is 29.2 Å². The van der Waals surface area contributed by atoms with E-state index in [-0.39, 0.29) is 5.75 Å². The van der Waals surface area contributed by atoms with Gasteiger partial charge in [-0.25, -0.2) is 0 Å². The molecule has 0 amide bonds. The minimum atomic E-state index is -0.826. The van der Waals surface area contributed by atoms with Gasteiger partial charge in [0.25, 0.3) is 0 Å². The van der Waals surface area contributed by atoms with Gasteiger partial charge in [0, 0.05) is 22.8 Å². The predicted molar refractivity (Wildman–Crippen MR) is 132 cm³/mol. The predicted octanol–water partition coefficient (Wildman–Crippen LogP) is 7.87. The van der Waals surface area contributed by atoms with E-state index < -0.39 is 26.3 Å². The molecule has 4 aromatic rings. The maximum absolute atomic E-state index is 11.2. The van der Waals surface area contributed by atoms with Gasteiger partial charge in [-0.3, -0.25) is 4.99 Å². The van der Waals surface area contributed by atoms with Gasteiger partial charge >= 0.3 is 37.9 Å². The number of aliphatic imine (C=N–C) groups is 1. The summed E-state index contributed by atoms with van der Waals surface area (Å²) in [4.78, 5) is 4.52. The number of hydrogen-bond acceptors (Lipinski definition) is 2. The van der Waals surface area contributed by atoms with Gasteiger partial charge < -0.3 is 5.11 Å². The Morgan fingerprint density at radius 3 is 1.69 bits per heavy atom. The van der Waals surface area contributed by atoms with Gasteiger partial charge in [-0.1, -0.05) is 91.0 Å². The Bertz CT molecular complexity index is 1100. The first-order chi connectivity index (χ1) is 15.6. The molecule has 0 fully saturated rings. The Kier molecular flexibility index (Phi) is 9.29. The fourth-order valence-corrected chi connectivity index (χ4v) is 3.75. The molecule has 0 heterocycles. The number of phenolic OH excluding ortho intramolecular Hbond substituents is 1. The fourth-order valence-electron chi connectivity index (χ4n) is 3.75. The van der Waals surface area contributed by atoms with E-state index in [1.165, 1.54) is 0 Å². The van der Waals surface area contributed by atoms with Gasteiger partial charge in [0.1, 0.15) is 5.75 Å². The van der Waals surface area contributed by atoms with Crippen LogP contribution in [0, 0.1) is 0 Å². The average Bonchev–Trinajstić information content (AvgIpc) is 2.85.